The number of carbonyl (C=O) groups excluding carboxylic acids is 1. The molecule has 0 aromatic heterocycles. The molecule has 0 saturated heterocycles. The molecule has 1 aromatic carbocycles. The number of nitrogens with one attached hydrogen (secondary N) is 1. The molecule has 3 nitrogen and oxygen atoms in total. The number of nitrogens with two attached hydrogens (primary N) is 1. The van der Waals surface area contributed by atoms with Crippen molar-refractivity contribution in [3.05, 3.63) is 34.9 Å². The lowest BCUT2D eigenvalue weighted by Crippen LogP contribution is -2.46. The van der Waals surface area contributed by atoms with Crippen molar-refractivity contribution in [2.75, 3.05) is 0 Å². The number of halogens is 1. The fraction of sp³-hybridized carbons (Fsp3) is 0.500. The summed E-state index contributed by atoms with van der Waals surface area (Å²) in [5.74, 6) is -0.0611. The molecule has 1 aliphatic carbocycles. The fourth-order valence-corrected chi connectivity index (χ4v) is 2.49. The van der Waals surface area contributed by atoms with Crippen LogP contribution in [-0.4, -0.2) is 18.0 Å². The van der Waals surface area contributed by atoms with Crippen molar-refractivity contribution in [2.24, 2.45) is 5.73 Å². The third-order valence-electron chi connectivity index (χ3n) is 3.49. The SMILES string of the molecule is NC1CCCCCC1NC(=O)c1ccc(Cl)cc1. The van der Waals surface area contributed by atoms with Gasteiger partial charge >= 0.3 is 0 Å². The van der Waals surface area contributed by atoms with Crippen molar-refractivity contribution >= 4 is 17.5 Å². The van der Waals surface area contributed by atoms with Gasteiger partial charge in [-0.15, -0.1) is 0 Å². The van der Waals surface area contributed by atoms with E-state index >= 15 is 0 Å². The van der Waals surface area contributed by atoms with Crippen molar-refractivity contribution in [3.63, 3.8) is 0 Å². The Bertz CT molecular complexity index is 405. The van der Waals surface area contributed by atoms with E-state index in [2.05, 4.69) is 5.32 Å². The molecule has 2 atom stereocenters. The molecule has 2 unspecified atom stereocenters. The average molecular weight is 267 g/mol. The normalized spacial score (nSPS) is 24.3. The Morgan fingerprint density at radius 3 is 2.56 bits per heavy atom. The highest BCUT2D eigenvalue weighted by Gasteiger charge is 2.22. The quantitative estimate of drug-likeness (QED) is 0.809. The number of rotatable bonds is 2. The summed E-state index contributed by atoms with van der Waals surface area (Å²) in [6.45, 7) is 0. The number of hydrogen-bond donors (Lipinski definition) is 2. The van der Waals surface area contributed by atoms with E-state index in [1.807, 2.05) is 0 Å². The first-order chi connectivity index (χ1) is 8.66. The summed E-state index contributed by atoms with van der Waals surface area (Å²) in [4.78, 5) is 12.1. The zero-order valence-electron chi connectivity index (χ0n) is 10.4. The van der Waals surface area contributed by atoms with Crippen molar-refractivity contribution in [2.45, 2.75) is 44.2 Å². The molecule has 1 amide bonds. The van der Waals surface area contributed by atoms with Crippen molar-refractivity contribution in [1.29, 1.82) is 0 Å². The Labute approximate surface area is 113 Å². The molecule has 1 aromatic rings. The summed E-state index contributed by atoms with van der Waals surface area (Å²) >= 11 is 5.80. The highest BCUT2D eigenvalue weighted by Crippen LogP contribution is 2.17. The van der Waals surface area contributed by atoms with E-state index in [0.29, 0.717) is 10.6 Å². The monoisotopic (exact) mass is 266 g/mol. The molecule has 0 heterocycles. The first kappa shape index (κ1) is 13.4. The smallest absolute Gasteiger partial charge is 0.251 e. The van der Waals surface area contributed by atoms with Gasteiger partial charge in [-0.25, -0.2) is 0 Å². The van der Waals surface area contributed by atoms with Crippen LogP contribution in [0.15, 0.2) is 24.3 Å². The molecule has 18 heavy (non-hydrogen) atoms. The van der Waals surface area contributed by atoms with Crippen LogP contribution in [0.1, 0.15) is 42.5 Å². The molecular weight excluding hydrogens is 248 g/mol. The van der Waals surface area contributed by atoms with Crippen LogP contribution in [0.3, 0.4) is 0 Å². The molecule has 1 aliphatic rings. The van der Waals surface area contributed by atoms with E-state index < -0.39 is 0 Å². The van der Waals surface area contributed by atoms with Gasteiger partial charge in [-0.1, -0.05) is 30.9 Å². The van der Waals surface area contributed by atoms with E-state index in [9.17, 15) is 4.79 Å². The molecule has 0 radical (unpaired) electrons. The maximum atomic E-state index is 12.1. The highest BCUT2D eigenvalue weighted by molar-refractivity contribution is 6.30. The molecular formula is C14H19ClN2O. The largest absolute Gasteiger partial charge is 0.348 e. The van der Waals surface area contributed by atoms with Crippen LogP contribution in [0.5, 0.6) is 0 Å². The average Bonchev–Trinajstić information content (AvgIpc) is 2.56. The van der Waals surface area contributed by atoms with Crippen LogP contribution in [0, 0.1) is 0 Å². The van der Waals surface area contributed by atoms with Gasteiger partial charge in [0.1, 0.15) is 0 Å². The minimum absolute atomic E-state index is 0.0611. The first-order valence-corrected chi connectivity index (χ1v) is 6.86. The Morgan fingerprint density at radius 1 is 1.17 bits per heavy atom. The second-order valence-corrected chi connectivity index (χ2v) is 5.33. The molecule has 2 rings (SSSR count). The third-order valence-corrected chi connectivity index (χ3v) is 3.74. The van der Waals surface area contributed by atoms with Gasteiger partial charge in [-0.3, -0.25) is 4.79 Å². The van der Waals surface area contributed by atoms with Crippen LogP contribution in [0.25, 0.3) is 0 Å². The second kappa shape index (κ2) is 6.21. The van der Waals surface area contributed by atoms with Gasteiger partial charge in [0, 0.05) is 22.7 Å². The Hall–Kier alpha value is -1.06. The molecule has 0 aliphatic heterocycles. The minimum Gasteiger partial charge on any atom is -0.348 e. The molecule has 0 spiro atoms. The topological polar surface area (TPSA) is 55.1 Å². The van der Waals surface area contributed by atoms with Crippen LogP contribution < -0.4 is 11.1 Å². The third kappa shape index (κ3) is 3.47. The van der Waals surface area contributed by atoms with Crippen molar-refractivity contribution < 1.29 is 4.79 Å². The van der Waals surface area contributed by atoms with Gasteiger partial charge in [0.05, 0.1) is 0 Å². The van der Waals surface area contributed by atoms with Crippen molar-refractivity contribution in [3.8, 4) is 0 Å². The fourth-order valence-electron chi connectivity index (χ4n) is 2.37. The minimum atomic E-state index is -0.0611. The van der Waals surface area contributed by atoms with E-state index in [0.717, 1.165) is 25.7 Å². The van der Waals surface area contributed by atoms with Crippen LogP contribution in [0.2, 0.25) is 5.02 Å². The Morgan fingerprint density at radius 2 is 1.83 bits per heavy atom. The Kier molecular flexibility index (Phi) is 4.61. The molecule has 0 bridgehead atoms. The van der Waals surface area contributed by atoms with Gasteiger partial charge < -0.3 is 11.1 Å². The van der Waals surface area contributed by atoms with E-state index in [1.54, 1.807) is 24.3 Å². The van der Waals surface area contributed by atoms with E-state index in [4.69, 9.17) is 17.3 Å². The van der Waals surface area contributed by atoms with E-state index in [1.165, 1.54) is 6.42 Å². The molecule has 4 heteroatoms. The summed E-state index contributed by atoms with van der Waals surface area (Å²) in [5.41, 5.74) is 6.73. The standard InChI is InChI=1S/C14H19ClN2O/c15-11-8-6-10(7-9-11)14(18)17-13-5-3-1-2-4-12(13)16/h6-9,12-13H,1-5,16H2,(H,17,18). The number of carbonyl (C=O) groups is 1. The molecule has 1 saturated carbocycles. The van der Waals surface area contributed by atoms with Crippen LogP contribution in [-0.2, 0) is 0 Å². The lowest BCUT2D eigenvalue weighted by molar-refractivity contribution is 0.0929. The molecule has 1 fully saturated rings. The van der Waals surface area contributed by atoms with Crippen molar-refractivity contribution in [1.82, 2.24) is 5.32 Å². The number of amides is 1. The number of hydrogen-bond acceptors (Lipinski definition) is 2. The zero-order chi connectivity index (χ0) is 13.0. The summed E-state index contributed by atoms with van der Waals surface area (Å²) in [6, 6.07) is 7.09. The van der Waals surface area contributed by atoms with Gasteiger partial charge in [0.25, 0.3) is 5.91 Å². The lowest BCUT2D eigenvalue weighted by atomic mass is 10.0. The summed E-state index contributed by atoms with van der Waals surface area (Å²) < 4.78 is 0. The van der Waals surface area contributed by atoms with Gasteiger partial charge in [-0.05, 0) is 37.1 Å². The number of benzene rings is 1. The second-order valence-electron chi connectivity index (χ2n) is 4.89. The van der Waals surface area contributed by atoms with Gasteiger partial charge in [-0.2, -0.15) is 0 Å². The predicted molar refractivity (Wildman–Crippen MR) is 73.8 cm³/mol. The van der Waals surface area contributed by atoms with Gasteiger partial charge in [0.2, 0.25) is 0 Å². The predicted octanol–water partition coefficient (Wildman–Crippen LogP) is 2.73. The van der Waals surface area contributed by atoms with Crippen LogP contribution in [0.4, 0.5) is 0 Å². The molecule has 98 valence electrons. The Balaban J connectivity index is 1.99. The molecule has 3 N–H and O–H groups in total. The first-order valence-electron chi connectivity index (χ1n) is 6.49. The van der Waals surface area contributed by atoms with Gasteiger partial charge in [0.15, 0.2) is 0 Å². The highest BCUT2D eigenvalue weighted by atomic mass is 35.5. The lowest BCUT2D eigenvalue weighted by Gasteiger charge is -2.22. The summed E-state index contributed by atoms with van der Waals surface area (Å²) in [6.07, 6.45) is 5.47. The van der Waals surface area contributed by atoms with Crippen LogP contribution >= 0.6 is 11.6 Å². The summed E-state index contributed by atoms with van der Waals surface area (Å²) in [7, 11) is 0. The maximum Gasteiger partial charge on any atom is 0.251 e. The zero-order valence-corrected chi connectivity index (χ0v) is 11.1. The van der Waals surface area contributed by atoms with E-state index in [-0.39, 0.29) is 18.0 Å². The summed E-state index contributed by atoms with van der Waals surface area (Å²) in [5, 5.41) is 3.67. The maximum absolute atomic E-state index is 12.1.